The Morgan fingerprint density at radius 3 is 2.35 bits per heavy atom. The first-order valence-electron chi connectivity index (χ1n) is 10.1. The highest BCUT2D eigenvalue weighted by Crippen LogP contribution is 2.38. The van der Waals surface area contributed by atoms with Crippen LogP contribution < -0.4 is 10.1 Å². The molecule has 1 unspecified atom stereocenters. The van der Waals surface area contributed by atoms with Crippen LogP contribution >= 0.6 is 0 Å². The predicted molar refractivity (Wildman–Crippen MR) is 120 cm³/mol. The molecule has 1 amide bonds. The minimum atomic E-state index is -3.38. The lowest BCUT2D eigenvalue weighted by atomic mass is 9.97. The van der Waals surface area contributed by atoms with E-state index in [9.17, 15) is 13.2 Å². The Morgan fingerprint density at radius 2 is 1.65 bits per heavy atom. The number of carbonyl (C=O) groups is 1. The van der Waals surface area contributed by atoms with Gasteiger partial charge in [0.1, 0.15) is 11.4 Å². The van der Waals surface area contributed by atoms with E-state index in [0.29, 0.717) is 16.9 Å². The summed E-state index contributed by atoms with van der Waals surface area (Å²) in [6, 6.07) is 21.3. The van der Waals surface area contributed by atoms with E-state index in [-0.39, 0.29) is 16.4 Å². The van der Waals surface area contributed by atoms with Crippen LogP contribution in [0.2, 0.25) is 0 Å². The van der Waals surface area contributed by atoms with Crippen molar-refractivity contribution >= 4 is 15.7 Å². The molecule has 0 aromatic heterocycles. The Hall–Kier alpha value is -3.12. The van der Waals surface area contributed by atoms with Crippen LogP contribution in [0.25, 0.3) is 0 Å². The van der Waals surface area contributed by atoms with Gasteiger partial charge in [-0.15, -0.1) is 0 Å². The summed E-state index contributed by atoms with van der Waals surface area (Å²) in [5, 5.41) is 3.09. The van der Waals surface area contributed by atoms with Gasteiger partial charge in [-0.1, -0.05) is 54.6 Å². The number of sulfone groups is 1. The van der Waals surface area contributed by atoms with Crippen LogP contribution in [0.3, 0.4) is 0 Å². The molecule has 1 aliphatic heterocycles. The van der Waals surface area contributed by atoms with Crippen molar-refractivity contribution < 1.29 is 17.9 Å². The average Bonchev–Trinajstić information content (AvgIpc) is 3.05. The van der Waals surface area contributed by atoms with Gasteiger partial charge in [-0.2, -0.15) is 0 Å². The minimum absolute atomic E-state index is 0.214. The van der Waals surface area contributed by atoms with Gasteiger partial charge >= 0.3 is 0 Å². The molecule has 1 N–H and O–H groups in total. The molecule has 31 heavy (non-hydrogen) atoms. The first-order chi connectivity index (χ1) is 14.6. The maximum absolute atomic E-state index is 13.3. The number of hydrogen-bond donors (Lipinski definition) is 1. The first kappa shape index (κ1) is 21.1. The third-order valence-corrected chi connectivity index (χ3v) is 6.47. The maximum atomic E-state index is 13.3. The number of benzene rings is 3. The maximum Gasteiger partial charge on any atom is 0.255 e. The second kappa shape index (κ2) is 7.85. The zero-order valence-corrected chi connectivity index (χ0v) is 18.6. The number of ether oxygens (including phenoxy) is 1. The van der Waals surface area contributed by atoms with E-state index in [1.54, 1.807) is 24.3 Å². The van der Waals surface area contributed by atoms with E-state index >= 15 is 0 Å². The van der Waals surface area contributed by atoms with Crippen LogP contribution in [0.5, 0.6) is 5.75 Å². The van der Waals surface area contributed by atoms with Crippen molar-refractivity contribution in [1.82, 2.24) is 5.32 Å². The standard InChI is InChI=1S/C25H25NO4S/c1-25(2)16-19-12-8-14-21(23(19)30-25)24(27)26-22(17-9-5-4-6-10-17)18-11-7-13-20(15-18)31(3,28)29/h4-15,22H,16H2,1-3H3,(H,26,27). The molecule has 1 atom stereocenters. The minimum Gasteiger partial charge on any atom is -0.486 e. The summed E-state index contributed by atoms with van der Waals surface area (Å²) in [6.07, 6.45) is 1.91. The Balaban J connectivity index is 1.73. The first-order valence-corrected chi connectivity index (χ1v) is 12.0. The zero-order chi connectivity index (χ0) is 22.2. The highest BCUT2D eigenvalue weighted by molar-refractivity contribution is 7.90. The van der Waals surface area contributed by atoms with Crippen molar-refractivity contribution in [1.29, 1.82) is 0 Å². The second-order valence-corrected chi connectivity index (χ2v) is 10.5. The molecule has 5 nitrogen and oxygen atoms in total. The van der Waals surface area contributed by atoms with Crippen LogP contribution in [0, 0.1) is 0 Å². The van der Waals surface area contributed by atoms with Gasteiger partial charge < -0.3 is 10.1 Å². The van der Waals surface area contributed by atoms with Crippen molar-refractivity contribution in [2.24, 2.45) is 0 Å². The Kier molecular flexibility index (Phi) is 5.35. The number of nitrogens with one attached hydrogen (secondary N) is 1. The lowest BCUT2D eigenvalue weighted by Gasteiger charge is -2.22. The number of amides is 1. The summed E-state index contributed by atoms with van der Waals surface area (Å²) < 4.78 is 30.2. The van der Waals surface area contributed by atoms with Crippen LogP contribution in [-0.2, 0) is 16.3 Å². The quantitative estimate of drug-likeness (QED) is 0.648. The Bertz CT molecular complexity index is 1230. The monoisotopic (exact) mass is 435 g/mol. The van der Waals surface area contributed by atoms with E-state index in [1.807, 2.05) is 62.4 Å². The lowest BCUT2D eigenvalue weighted by Crippen LogP contribution is -2.30. The van der Waals surface area contributed by atoms with Crippen molar-refractivity contribution in [2.45, 2.75) is 36.8 Å². The fraction of sp³-hybridized carbons (Fsp3) is 0.240. The van der Waals surface area contributed by atoms with Crippen molar-refractivity contribution in [2.75, 3.05) is 6.26 Å². The molecule has 3 aromatic carbocycles. The Morgan fingerprint density at radius 1 is 0.968 bits per heavy atom. The normalized spacial score (nSPS) is 15.6. The summed E-state index contributed by atoms with van der Waals surface area (Å²) in [5.41, 5.74) is 2.67. The highest BCUT2D eigenvalue weighted by Gasteiger charge is 2.33. The molecule has 0 fully saturated rings. The largest absolute Gasteiger partial charge is 0.486 e. The van der Waals surface area contributed by atoms with E-state index in [2.05, 4.69) is 5.32 Å². The SMILES string of the molecule is CC1(C)Cc2cccc(C(=O)NC(c3ccccc3)c3cccc(S(C)(=O)=O)c3)c2O1. The molecule has 0 saturated carbocycles. The van der Waals surface area contributed by atoms with Crippen molar-refractivity contribution in [3.05, 3.63) is 95.1 Å². The van der Waals surface area contributed by atoms with Gasteiger partial charge in [0, 0.05) is 12.7 Å². The molecule has 160 valence electrons. The predicted octanol–water partition coefficient (Wildman–Crippen LogP) is 4.32. The fourth-order valence-electron chi connectivity index (χ4n) is 3.93. The van der Waals surface area contributed by atoms with Gasteiger partial charge in [0.25, 0.3) is 5.91 Å². The zero-order valence-electron chi connectivity index (χ0n) is 17.8. The molecule has 0 spiro atoms. The Labute approximate surface area is 183 Å². The van der Waals surface area contributed by atoms with Gasteiger partial charge in [0.15, 0.2) is 9.84 Å². The van der Waals surface area contributed by atoms with Gasteiger partial charge in [0.05, 0.1) is 16.5 Å². The summed E-state index contributed by atoms with van der Waals surface area (Å²) in [4.78, 5) is 13.6. The van der Waals surface area contributed by atoms with Gasteiger partial charge in [0.2, 0.25) is 0 Å². The number of carbonyl (C=O) groups excluding carboxylic acids is 1. The third kappa shape index (κ3) is 4.49. The van der Waals surface area contributed by atoms with Crippen LogP contribution in [-0.4, -0.2) is 26.2 Å². The van der Waals surface area contributed by atoms with Crippen molar-refractivity contribution in [3.63, 3.8) is 0 Å². The molecule has 1 heterocycles. The molecule has 4 rings (SSSR count). The molecule has 0 radical (unpaired) electrons. The van der Waals surface area contributed by atoms with Gasteiger partial charge in [-0.05, 0) is 48.7 Å². The summed E-state index contributed by atoms with van der Waals surface area (Å²) in [6.45, 7) is 4.00. The molecule has 3 aromatic rings. The summed E-state index contributed by atoms with van der Waals surface area (Å²) in [7, 11) is -3.38. The van der Waals surface area contributed by atoms with E-state index < -0.39 is 15.9 Å². The van der Waals surface area contributed by atoms with Gasteiger partial charge in [-0.3, -0.25) is 4.79 Å². The number of rotatable bonds is 5. The summed E-state index contributed by atoms with van der Waals surface area (Å²) in [5.74, 6) is 0.342. The molecule has 0 bridgehead atoms. The number of para-hydroxylation sites is 1. The van der Waals surface area contributed by atoms with Crippen LogP contribution in [0.15, 0.2) is 77.7 Å². The molecular weight excluding hydrogens is 410 g/mol. The molecule has 1 aliphatic rings. The number of fused-ring (bicyclic) bond motifs is 1. The van der Waals surface area contributed by atoms with Crippen molar-refractivity contribution in [3.8, 4) is 5.75 Å². The average molecular weight is 436 g/mol. The number of hydrogen-bond acceptors (Lipinski definition) is 4. The smallest absolute Gasteiger partial charge is 0.255 e. The lowest BCUT2D eigenvalue weighted by molar-refractivity contribution is 0.0929. The molecule has 0 aliphatic carbocycles. The van der Waals surface area contributed by atoms with E-state index in [4.69, 9.17) is 4.74 Å². The summed E-state index contributed by atoms with van der Waals surface area (Å²) >= 11 is 0. The topological polar surface area (TPSA) is 72.5 Å². The second-order valence-electron chi connectivity index (χ2n) is 8.49. The fourth-order valence-corrected chi connectivity index (χ4v) is 4.61. The highest BCUT2D eigenvalue weighted by atomic mass is 32.2. The van der Waals surface area contributed by atoms with Crippen LogP contribution in [0.4, 0.5) is 0 Å². The van der Waals surface area contributed by atoms with E-state index in [1.165, 1.54) is 6.26 Å². The van der Waals surface area contributed by atoms with Crippen LogP contribution in [0.1, 0.15) is 46.9 Å². The molecular formula is C25H25NO4S. The molecule has 6 heteroatoms. The van der Waals surface area contributed by atoms with E-state index in [0.717, 1.165) is 17.5 Å². The van der Waals surface area contributed by atoms with Gasteiger partial charge in [-0.25, -0.2) is 8.42 Å². The molecule has 0 saturated heterocycles. The third-order valence-electron chi connectivity index (χ3n) is 5.36.